The van der Waals surface area contributed by atoms with Crippen molar-refractivity contribution in [1.29, 1.82) is 0 Å². The van der Waals surface area contributed by atoms with Gasteiger partial charge in [0.15, 0.2) is 5.82 Å². The highest BCUT2D eigenvalue weighted by molar-refractivity contribution is 6.15. The molecule has 3 N–H and O–H groups in total. The standard InChI is InChI=1S/C27H28F2N8O/c1-18-13-20(7-8-23(18)34-32-15-19-5-3-2-4-6-19)22-14-21(37-24(22)26(30)31-17-33-37)16-35-9-11-36(12-10-35)27(38)25(28)29/h2-8,13-14,17,25,32H,1,9-12,15-16H2,(H2,30,31,33)/b34-23-. The number of halogens is 2. The van der Waals surface area contributed by atoms with Crippen LogP contribution in [0.2, 0.25) is 0 Å². The number of benzene rings is 1. The highest BCUT2D eigenvalue weighted by atomic mass is 19.3. The largest absolute Gasteiger partial charge is 0.382 e. The summed E-state index contributed by atoms with van der Waals surface area (Å²) in [4.78, 5) is 19.1. The van der Waals surface area contributed by atoms with Crippen molar-refractivity contribution in [2.24, 2.45) is 5.10 Å². The normalized spacial score (nSPS) is 17.4. The molecule has 0 radical (unpaired) electrons. The van der Waals surface area contributed by atoms with E-state index in [9.17, 15) is 13.6 Å². The Kier molecular flexibility index (Phi) is 7.27. The molecule has 1 aromatic carbocycles. The number of carbonyl (C=O) groups is 1. The molecule has 2 aromatic heterocycles. The summed E-state index contributed by atoms with van der Waals surface area (Å²) >= 11 is 0. The molecule has 0 bridgehead atoms. The molecule has 1 fully saturated rings. The van der Waals surface area contributed by atoms with E-state index in [0.717, 1.165) is 33.7 Å². The number of nitrogens with two attached hydrogens (primary N) is 1. The maximum Gasteiger partial charge on any atom is 0.315 e. The van der Waals surface area contributed by atoms with Crippen molar-refractivity contribution in [2.75, 3.05) is 31.9 Å². The van der Waals surface area contributed by atoms with E-state index in [0.29, 0.717) is 37.5 Å². The minimum absolute atomic E-state index is 0.255. The van der Waals surface area contributed by atoms with Crippen molar-refractivity contribution in [3.05, 3.63) is 89.9 Å². The van der Waals surface area contributed by atoms with Gasteiger partial charge in [-0.25, -0.2) is 9.50 Å². The number of hydrazone groups is 1. The summed E-state index contributed by atoms with van der Waals surface area (Å²) in [6.45, 7) is 6.77. The Balaban J connectivity index is 1.33. The lowest BCUT2D eigenvalue weighted by atomic mass is 9.96. The summed E-state index contributed by atoms with van der Waals surface area (Å²) < 4.78 is 27.3. The molecule has 5 rings (SSSR count). The molecule has 0 spiro atoms. The molecule has 11 heteroatoms. The first kappa shape index (κ1) is 25.3. The smallest absolute Gasteiger partial charge is 0.315 e. The molecule has 9 nitrogen and oxygen atoms in total. The molecule has 1 aliphatic carbocycles. The van der Waals surface area contributed by atoms with Gasteiger partial charge in [-0.15, -0.1) is 0 Å². The van der Waals surface area contributed by atoms with Crippen LogP contribution in [0.3, 0.4) is 0 Å². The van der Waals surface area contributed by atoms with Gasteiger partial charge in [0.25, 0.3) is 5.91 Å². The number of nitrogen functional groups attached to an aromatic ring is 1. The van der Waals surface area contributed by atoms with E-state index < -0.39 is 12.3 Å². The van der Waals surface area contributed by atoms with Crippen LogP contribution >= 0.6 is 0 Å². The molecule has 1 amide bonds. The van der Waals surface area contributed by atoms with E-state index >= 15 is 0 Å². The van der Waals surface area contributed by atoms with Crippen LogP contribution in [0.4, 0.5) is 14.6 Å². The van der Waals surface area contributed by atoms with Gasteiger partial charge >= 0.3 is 6.43 Å². The van der Waals surface area contributed by atoms with Crippen LogP contribution in [0, 0.1) is 0 Å². The molecule has 1 aliphatic heterocycles. The molecular formula is C27H28F2N8O. The average Bonchev–Trinajstić information content (AvgIpc) is 3.29. The monoisotopic (exact) mass is 518 g/mol. The van der Waals surface area contributed by atoms with Gasteiger partial charge in [-0.3, -0.25) is 9.69 Å². The fourth-order valence-corrected chi connectivity index (χ4v) is 4.63. The lowest BCUT2D eigenvalue weighted by molar-refractivity contribution is -0.144. The van der Waals surface area contributed by atoms with Gasteiger partial charge < -0.3 is 16.1 Å². The minimum atomic E-state index is -2.98. The van der Waals surface area contributed by atoms with Crippen LogP contribution in [0.1, 0.15) is 16.8 Å². The minimum Gasteiger partial charge on any atom is -0.382 e. The van der Waals surface area contributed by atoms with Gasteiger partial charge in [0.05, 0.1) is 18.0 Å². The number of nitrogens with one attached hydrogen (secondary N) is 1. The van der Waals surface area contributed by atoms with Gasteiger partial charge in [0.1, 0.15) is 11.8 Å². The zero-order valence-electron chi connectivity index (χ0n) is 20.7. The van der Waals surface area contributed by atoms with Crippen LogP contribution in [-0.4, -0.2) is 68.6 Å². The molecule has 2 aliphatic rings. The molecule has 0 unspecified atom stereocenters. The summed E-state index contributed by atoms with van der Waals surface area (Å²) in [5.74, 6) is -0.771. The Morgan fingerprint density at radius 2 is 1.92 bits per heavy atom. The summed E-state index contributed by atoms with van der Waals surface area (Å²) in [6, 6.07) is 12.0. The van der Waals surface area contributed by atoms with E-state index in [4.69, 9.17) is 5.73 Å². The van der Waals surface area contributed by atoms with Crippen molar-refractivity contribution < 1.29 is 13.6 Å². The van der Waals surface area contributed by atoms with Gasteiger partial charge in [-0.1, -0.05) is 43.0 Å². The number of alkyl halides is 2. The lowest BCUT2D eigenvalue weighted by Crippen LogP contribution is -2.50. The van der Waals surface area contributed by atoms with Gasteiger partial charge in [-0.05, 0) is 34.9 Å². The Morgan fingerprint density at radius 3 is 2.63 bits per heavy atom. The number of nitrogens with zero attached hydrogens (tertiary/aromatic N) is 6. The highest BCUT2D eigenvalue weighted by Crippen LogP contribution is 2.31. The van der Waals surface area contributed by atoms with E-state index in [1.54, 1.807) is 4.52 Å². The average molecular weight is 519 g/mol. The summed E-state index contributed by atoms with van der Waals surface area (Å²) in [6.07, 6.45) is 4.23. The molecule has 38 heavy (non-hydrogen) atoms. The number of hydrogen-bond acceptors (Lipinski definition) is 7. The van der Waals surface area contributed by atoms with Crippen molar-refractivity contribution in [3.8, 4) is 0 Å². The van der Waals surface area contributed by atoms with Gasteiger partial charge in [-0.2, -0.15) is 19.0 Å². The Morgan fingerprint density at radius 1 is 1.16 bits per heavy atom. The second kappa shape index (κ2) is 10.9. The molecule has 3 heterocycles. The van der Waals surface area contributed by atoms with Crippen LogP contribution in [0.25, 0.3) is 11.1 Å². The molecule has 0 atom stereocenters. The zero-order valence-corrected chi connectivity index (χ0v) is 20.7. The summed E-state index contributed by atoms with van der Waals surface area (Å²) in [5, 5.41) is 8.90. The molecule has 196 valence electrons. The van der Waals surface area contributed by atoms with Crippen LogP contribution in [-0.2, 0) is 17.9 Å². The number of allylic oxidation sites excluding steroid dienone is 5. The lowest BCUT2D eigenvalue weighted by Gasteiger charge is -2.34. The Hall–Kier alpha value is -4.38. The SMILES string of the molecule is C=C1C=C(c2cc(CN3CCN(C(=O)C(F)F)CC3)n3ncnc(N)c23)C=C/C1=N/NCc1ccccc1. The molecule has 1 saturated heterocycles. The third kappa shape index (κ3) is 5.32. The second-order valence-electron chi connectivity index (χ2n) is 9.13. The number of amides is 1. The zero-order chi connectivity index (χ0) is 26.6. The third-order valence-corrected chi connectivity index (χ3v) is 6.63. The molecule has 3 aromatic rings. The first-order valence-electron chi connectivity index (χ1n) is 12.2. The van der Waals surface area contributed by atoms with E-state index in [2.05, 4.69) is 32.1 Å². The Bertz CT molecular complexity index is 1440. The summed E-state index contributed by atoms with van der Waals surface area (Å²) in [5.41, 5.74) is 15.3. The van der Waals surface area contributed by atoms with Crippen molar-refractivity contribution in [3.63, 3.8) is 0 Å². The van der Waals surface area contributed by atoms with Crippen molar-refractivity contribution >= 4 is 28.5 Å². The number of rotatable bonds is 7. The fraction of sp³-hybridized carbons (Fsp3) is 0.259. The van der Waals surface area contributed by atoms with Gasteiger partial charge in [0.2, 0.25) is 0 Å². The van der Waals surface area contributed by atoms with Crippen LogP contribution < -0.4 is 11.2 Å². The summed E-state index contributed by atoms with van der Waals surface area (Å²) in [7, 11) is 0. The van der Waals surface area contributed by atoms with Gasteiger partial charge in [0, 0.05) is 38.3 Å². The fourth-order valence-electron chi connectivity index (χ4n) is 4.63. The predicted molar refractivity (Wildman–Crippen MR) is 142 cm³/mol. The number of piperazine rings is 1. The quantitative estimate of drug-likeness (QED) is 0.466. The maximum atomic E-state index is 12.8. The van der Waals surface area contributed by atoms with Crippen molar-refractivity contribution in [2.45, 2.75) is 19.5 Å². The number of anilines is 1. The van der Waals surface area contributed by atoms with Crippen molar-refractivity contribution in [1.82, 2.24) is 29.8 Å². The number of hydrogen-bond donors (Lipinski definition) is 2. The number of aromatic nitrogens is 3. The number of carbonyl (C=O) groups excluding carboxylic acids is 1. The maximum absolute atomic E-state index is 12.8. The second-order valence-corrected chi connectivity index (χ2v) is 9.13. The first-order valence-corrected chi connectivity index (χ1v) is 12.2. The first-order chi connectivity index (χ1) is 18.4. The highest BCUT2D eigenvalue weighted by Gasteiger charge is 2.28. The van der Waals surface area contributed by atoms with E-state index in [1.807, 2.05) is 54.6 Å². The van der Waals surface area contributed by atoms with E-state index in [1.165, 1.54) is 11.2 Å². The van der Waals surface area contributed by atoms with E-state index in [-0.39, 0.29) is 13.1 Å². The Labute approximate surface area is 218 Å². The predicted octanol–water partition coefficient (Wildman–Crippen LogP) is 2.88. The van der Waals surface area contributed by atoms with Crippen LogP contribution in [0.5, 0.6) is 0 Å². The topological polar surface area (TPSA) is 104 Å². The van der Waals surface area contributed by atoms with Crippen LogP contribution in [0.15, 0.2) is 78.2 Å². The third-order valence-electron chi connectivity index (χ3n) is 6.63. The number of fused-ring (bicyclic) bond motifs is 1. The molecular weight excluding hydrogens is 490 g/mol. The molecule has 0 saturated carbocycles.